The second-order valence-corrected chi connectivity index (χ2v) is 4.44. The predicted octanol–water partition coefficient (Wildman–Crippen LogP) is 2.30. The van der Waals surface area contributed by atoms with Crippen LogP contribution < -0.4 is 10.7 Å². The summed E-state index contributed by atoms with van der Waals surface area (Å²) in [6.45, 7) is 3.42. The molecular formula is C14H21N3OS. The van der Waals surface area contributed by atoms with Crippen LogP contribution >= 0.6 is 12.2 Å². The molecule has 2 N–H and O–H groups in total. The highest BCUT2D eigenvalue weighted by Gasteiger charge is 2.02. The average Bonchev–Trinajstić information content (AvgIpc) is 2.44. The van der Waals surface area contributed by atoms with E-state index < -0.39 is 0 Å². The second-order valence-electron chi connectivity index (χ2n) is 4.04. The zero-order valence-electron chi connectivity index (χ0n) is 11.5. The highest BCUT2D eigenvalue weighted by Crippen LogP contribution is 2.05. The number of ether oxygens (including phenoxy) is 1. The first-order valence-electron chi connectivity index (χ1n) is 6.42. The summed E-state index contributed by atoms with van der Waals surface area (Å²) < 4.78 is 4.94. The second kappa shape index (κ2) is 9.47. The van der Waals surface area contributed by atoms with Gasteiger partial charge in [0, 0.05) is 13.7 Å². The van der Waals surface area contributed by atoms with Crippen LogP contribution in [-0.4, -0.2) is 31.1 Å². The number of methoxy groups -OCH3 is 1. The fraction of sp³-hybridized carbons (Fsp3) is 0.429. The number of hydrogen-bond donors (Lipinski definition) is 2. The summed E-state index contributed by atoms with van der Waals surface area (Å²) >= 11 is 5.14. The van der Waals surface area contributed by atoms with Crippen LogP contribution in [0.25, 0.3) is 0 Å². The molecule has 0 saturated heterocycles. The molecule has 1 aromatic carbocycles. The molecule has 0 heterocycles. The van der Waals surface area contributed by atoms with Crippen molar-refractivity contribution in [2.75, 3.05) is 20.3 Å². The van der Waals surface area contributed by atoms with E-state index in [1.54, 1.807) is 7.11 Å². The van der Waals surface area contributed by atoms with Crippen LogP contribution in [0.2, 0.25) is 0 Å². The molecule has 104 valence electrons. The highest BCUT2D eigenvalue weighted by atomic mass is 32.1. The lowest BCUT2D eigenvalue weighted by atomic mass is 10.1. The van der Waals surface area contributed by atoms with E-state index in [-0.39, 0.29) is 0 Å². The number of thiocarbonyl (C=S) groups is 1. The summed E-state index contributed by atoms with van der Waals surface area (Å²) in [5.74, 6) is 0. The molecule has 0 amide bonds. The topological polar surface area (TPSA) is 45.7 Å². The molecule has 0 spiro atoms. The zero-order chi connectivity index (χ0) is 13.9. The predicted molar refractivity (Wildman–Crippen MR) is 83.5 cm³/mol. The van der Waals surface area contributed by atoms with Gasteiger partial charge in [-0.05, 0) is 24.2 Å². The summed E-state index contributed by atoms with van der Waals surface area (Å²) in [5, 5.41) is 7.92. The van der Waals surface area contributed by atoms with Crippen LogP contribution in [0.3, 0.4) is 0 Å². The van der Waals surface area contributed by atoms with Crippen LogP contribution in [-0.2, 0) is 4.74 Å². The van der Waals surface area contributed by atoms with Gasteiger partial charge in [0.25, 0.3) is 0 Å². The van der Waals surface area contributed by atoms with Gasteiger partial charge in [-0.15, -0.1) is 0 Å². The van der Waals surface area contributed by atoms with Crippen molar-refractivity contribution in [3.8, 4) is 0 Å². The fourth-order valence-electron chi connectivity index (χ4n) is 1.56. The lowest BCUT2D eigenvalue weighted by Gasteiger charge is -2.09. The van der Waals surface area contributed by atoms with Crippen LogP contribution in [0.5, 0.6) is 0 Å². The van der Waals surface area contributed by atoms with Gasteiger partial charge in [-0.25, -0.2) is 0 Å². The van der Waals surface area contributed by atoms with Gasteiger partial charge in [-0.3, -0.25) is 5.43 Å². The van der Waals surface area contributed by atoms with Gasteiger partial charge in [0.05, 0.1) is 12.3 Å². The van der Waals surface area contributed by atoms with E-state index in [0.29, 0.717) is 18.3 Å². The minimum absolute atomic E-state index is 0.515. The maximum absolute atomic E-state index is 5.14. The molecule has 0 aliphatic carbocycles. The molecule has 0 aliphatic rings. The molecular weight excluding hydrogens is 258 g/mol. The SMILES string of the molecule is CCC/C(=N\NC(=S)NCCOC)c1ccccc1. The van der Waals surface area contributed by atoms with Crippen molar-refractivity contribution < 1.29 is 4.74 Å². The smallest absolute Gasteiger partial charge is 0.187 e. The van der Waals surface area contributed by atoms with E-state index in [9.17, 15) is 0 Å². The third-order valence-electron chi connectivity index (χ3n) is 2.48. The van der Waals surface area contributed by atoms with Crippen LogP contribution in [0.15, 0.2) is 35.4 Å². The first kappa shape index (κ1) is 15.6. The Morgan fingerprint density at radius 1 is 1.32 bits per heavy atom. The lowest BCUT2D eigenvalue weighted by molar-refractivity contribution is 0.204. The monoisotopic (exact) mass is 279 g/mol. The lowest BCUT2D eigenvalue weighted by Crippen LogP contribution is -2.34. The molecule has 0 radical (unpaired) electrons. The van der Waals surface area contributed by atoms with Crippen molar-refractivity contribution >= 4 is 23.0 Å². The Morgan fingerprint density at radius 2 is 2.05 bits per heavy atom. The van der Waals surface area contributed by atoms with Gasteiger partial charge < -0.3 is 10.1 Å². The van der Waals surface area contributed by atoms with Gasteiger partial charge in [0.2, 0.25) is 0 Å². The molecule has 1 rings (SSSR count). The molecule has 19 heavy (non-hydrogen) atoms. The summed E-state index contributed by atoms with van der Waals surface area (Å²) in [7, 11) is 1.66. The number of hydrogen-bond acceptors (Lipinski definition) is 3. The first-order chi connectivity index (χ1) is 9.27. The fourth-order valence-corrected chi connectivity index (χ4v) is 1.70. The zero-order valence-corrected chi connectivity index (χ0v) is 12.3. The van der Waals surface area contributed by atoms with Gasteiger partial charge in [-0.1, -0.05) is 43.7 Å². The van der Waals surface area contributed by atoms with Crippen LogP contribution in [0.1, 0.15) is 25.3 Å². The average molecular weight is 279 g/mol. The van der Waals surface area contributed by atoms with Crippen molar-refractivity contribution in [2.24, 2.45) is 5.10 Å². The Labute approximate surface area is 120 Å². The number of hydrazone groups is 1. The Kier molecular flexibility index (Phi) is 7.77. The summed E-state index contributed by atoms with van der Waals surface area (Å²) in [6.07, 6.45) is 1.96. The maximum atomic E-state index is 5.14. The molecule has 5 heteroatoms. The molecule has 0 saturated carbocycles. The van der Waals surface area contributed by atoms with Crippen molar-refractivity contribution in [1.29, 1.82) is 0 Å². The number of benzene rings is 1. The first-order valence-corrected chi connectivity index (χ1v) is 6.83. The number of nitrogens with one attached hydrogen (secondary N) is 2. The molecule has 4 nitrogen and oxygen atoms in total. The Hall–Kier alpha value is -1.46. The van der Waals surface area contributed by atoms with E-state index in [1.807, 2.05) is 18.2 Å². The summed E-state index contributed by atoms with van der Waals surface area (Å²) in [4.78, 5) is 0. The minimum Gasteiger partial charge on any atom is -0.383 e. The van der Waals surface area contributed by atoms with E-state index in [2.05, 4.69) is 34.9 Å². The molecule has 0 aromatic heterocycles. The maximum Gasteiger partial charge on any atom is 0.187 e. The number of nitrogens with zero attached hydrogens (tertiary/aromatic N) is 1. The van der Waals surface area contributed by atoms with Crippen LogP contribution in [0.4, 0.5) is 0 Å². The van der Waals surface area contributed by atoms with Crippen LogP contribution in [0, 0.1) is 0 Å². The minimum atomic E-state index is 0.515. The Balaban J connectivity index is 2.56. The Bertz CT molecular complexity index is 406. The molecule has 0 aliphatic heterocycles. The van der Waals surface area contributed by atoms with Crippen molar-refractivity contribution in [2.45, 2.75) is 19.8 Å². The van der Waals surface area contributed by atoms with Gasteiger partial charge >= 0.3 is 0 Å². The van der Waals surface area contributed by atoms with E-state index in [1.165, 1.54) is 0 Å². The summed E-state index contributed by atoms with van der Waals surface area (Å²) in [6, 6.07) is 10.1. The van der Waals surface area contributed by atoms with E-state index >= 15 is 0 Å². The van der Waals surface area contributed by atoms with Gasteiger partial charge in [-0.2, -0.15) is 5.10 Å². The normalized spacial score (nSPS) is 11.2. The summed E-state index contributed by atoms with van der Waals surface area (Å²) in [5.41, 5.74) is 5.01. The largest absolute Gasteiger partial charge is 0.383 e. The van der Waals surface area contributed by atoms with Crippen molar-refractivity contribution in [3.63, 3.8) is 0 Å². The number of rotatable bonds is 7. The molecule has 0 atom stereocenters. The third-order valence-corrected chi connectivity index (χ3v) is 2.71. The van der Waals surface area contributed by atoms with Gasteiger partial charge in [0.1, 0.15) is 0 Å². The highest BCUT2D eigenvalue weighted by molar-refractivity contribution is 7.80. The molecule has 0 bridgehead atoms. The molecule has 1 aromatic rings. The quantitative estimate of drug-likeness (QED) is 0.348. The van der Waals surface area contributed by atoms with Crippen molar-refractivity contribution in [1.82, 2.24) is 10.7 Å². The third kappa shape index (κ3) is 6.31. The van der Waals surface area contributed by atoms with E-state index in [0.717, 1.165) is 24.1 Å². The Morgan fingerprint density at radius 3 is 2.68 bits per heavy atom. The van der Waals surface area contributed by atoms with Gasteiger partial charge in [0.15, 0.2) is 5.11 Å². The standard InChI is InChI=1S/C14H21N3OS/c1-3-7-13(12-8-5-4-6-9-12)16-17-14(19)15-10-11-18-2/h4-6,8-9H,3,7,10-11H2,1-2H3,(H2,15,17,19)/b16-13+. The molecule has 0 fully saturated rings. The molecule has 0 unspecified atom stereocenters. The van der Waals surface area contributed by atoms with Crippen molar-refractivity contribution in [3.05, 3.63) is 35.9 Å². The van der Waals surface area contributed by atoms with E-state index in [4.69, 9.17) is 17.0 Å².